The van der Waals surface area contributed by atoms with Crippen LogP contribution in [0.15, 0.2) is 24.3 Å². The number of nitrogens with two attached hydrogens (primary N) is 1. The van der Waals surface area contributed by atoms with Crippen molar-refractivity contribution < 1.29 is 0 Å². The third-order valence-electron chi connectivity index (χ3n) is 4.86. The maximum absolute atomic E-state index is 5.61. The van der Waals surface area contributed by atoms with Gasteiger partial charge in [0.15, 0.2) is 0 Å². The fourth-order valence-corrected chi connectivity index (χ4v) is 3.72. The first kappa shape index (κ1) is 14.1. The maximum Gasteiger partial charge on any atom is 0.0352 e. The van der Waals surface area contributed by atoms with E-state index in [4.69, 9.17) is 5.73 Å². The highest BCUT2D eigenvalue weighted by molar-refractivity contribution is 5.32. The summed E-state index contributed by atoms with van der Waals surface area (Å²) in [5, 5.41) is 0. The van der Waals surface area contributed by atoms with Crippen LogP contribution in [0.1, 0.15) is 36.4 Å². The van der Waals surface area contributed by atoms with Crippen LogP contribution >= 0.6 is 0 Å². The fraction of sp³-hybridized carbons (Fsp3) is 0.647. The molecule has 1 aromatic rings. The van der Waals surface area contributed by atoms with Crippen LogP contribution in [-0.2, 0) is 6.42 Å². The first-order chi connectivity index (χ1) is 9.88. The Kier molecular flexibility index (Phi) is 4.71. The van der Waals surface area contributed by atoms with Crippen molar-refractivity contribution in [1.29, 1.82) is 0 Å². The predicted molar refractivity (Wildman–Crippen MR) is 83.8 cm³/mol. The topological polar surface area (TPSA) is 32.5 Å². The summed E-state index contributed by atoms with van der Waals surface area (Å²) in [5.74, 6) is 0. The molecule has 1 aliphatic heterocycles. The highest BCUT2D eigenvalue weighted by Crippen LogP contribution is 2.34. The molecule has 0 aromatic heterocycles. The van der Waals surface area contributed by atoms with Gasteiger partial charge in [0.2, 0.25) is 0 Å². The summed E-state index contributed by atoms with van der Waals surface area (Å²) in [6, 6.07) is 9.72. The van der Waals surface area contributed by atoms with Gasteiger partial charge in [-0.3, -0.25) is 4.90 Å². The number of fused-ring (bicyclic) bond motifs is 1. The van der Waals surface area contributed by atoms with Crippen molar-refractivity contribution in [3.63, 3.8) is 0 Å². The zero-order valence-corrected chi connectivity index (χ0v) is 12.4. The molecule has 0 radical (unpaired) electrons. The molecule has 1 aliphatic carbocycles. The number of piperazine rings is 1. The van der Waals surface area contributed by atoms with Gasteiger partial charge < -0.3 is 10.6 Å². The summed E-state index contributed by atoms with van der Waals surface area (Å²) in [6.45, 7) is 6.83. The van der Waals surface area contributed by atoms with Gasteiger partial charge in [0, 0.05) is 32.2 Å². The minimum absolute atomic E-state index is 0.664. The molecule has 1 atom stereocenters. The van der Waals surface area contributed by atoms with E-state index in [2.05, 4.69) is 34.1 Å². The van der Waals surface area contributed by atoms with E-state index in [1.807, 2.05) is 0 Å². The van der Waals surface area contributed by atoms with E-state index in [0.29, 0.717) is 6.04 Å². The Balaban J connectivity index is 1.62. The van der Waals surface area contributed by atoms with E-state index in [1.54, 1.807) is 11.1 Å². The van der Waals surface area contributed by atoms with Crippen LogP contribution in [0, 0.1) is 0 Å². The van der Waals surface area contributed by atoms with Crippen LogP contribution in [0.4, 0.5) is 0 Å². The van der Waals surface area contributed by atoms with Gasteiger partial charge in [-0.1, -0.05) is 24.3 Å². The lowest BCUT2D eigenvalue weighted by Gasteiger charge is -2.41. The van der Waals surface area contributed by atoms with Gasteiger partial charge in [-0.05, 0) is 49.9 Å². The van der Waals surface area contributed by atoms with Crippen LogP contribution in [0.3, 0.4) is 0 Å². The van der Waals surface area contributed by atoms with Crippen LogP contribution in [0.25, 0.3) is 0 Å². The number of hydrogen-bond acceptors (Lipinski definition) is 3. The maximum atomic E-state index is 5.61. The van der Waals surface area contributed by atoms with Crippen LogP contribution in [-0.4, -0.2) is 49.1 Å². The smallest absolute Gasteiger partial charge is 0.0352 e. The van der Waals surface area contributed by atoms with E-state index in [9.17, 15) is 0 Å². The summed E-state index contributed by atoms with van der Waals surface area (Å²) in [6.07, 6.45) is 5.07. The highest BCUT2D eigenvalue weighted by atomic mass is 15.3. The van der Waals surface area contributed by atoms with E-state index in [0.717, 1.165) is 13.0 Å². The summed E-state index contributed by atoms with van der Waals surface area (Å²) < 4.78 is 0. The van der Waals surface area contributed by atoms with Crippen molar-refractivity contribution >= 4 is 0 Å². The van der Waals surface area contributed by atoms with Crippen molar-refractivity contribution in [2.75, 3.05) is 39.3 Å². The molecule has 0 spiro atoms. The number of aryl methyl sites for hydroxylation is 1. The molecule has 2 aliphatic rings. The molecule has 20 heavy (non-hydrogen) atoms. The molecule has 3 nitrogen and oxygen atoms in total. The molecule has 0 saturated carbocycles. The average Bonchev–Trinajstić information content (AvgIpc) is 2.53. The minimum Gasteiger partial charge on any atom is -0.330 e. The highest BCUT2D eigenvalue weighted by Gasteiger charge is 2.28. The summed E-state index contributed by atoms with van der Waals surface area (Å²) >= 11 is 0. The lowest BCUT2D eigenvalue weighted by Crippen LogP contribution is -2.48. The monoisotopic (exact) mass is 273 g/mol. The van der Waals surface area contributed by atoms with Gasteiger partial charge in [0.25, 0.3) is 0 Å². The lowest BCUT2D eigenvalue weighted by atomic mass is 9.86. The number of hydrogen-bond donors (Lipinski definition) is 1. The average molecular weight is 273 g/mol. The third kappa shape index (κ3) is 3.05. The van der Waals surface area contributed by atoms with E-state index in [1.165, 1.54) is 52.0 Å². The summed E-state index contributed by atoms with van der Waals surface area (Å²) in [5.41, 5.74) is 8.78. The van der Waals surface area contributed by atoms with Crippen molar-refractivity contribution in [3.05, 3.63) is 35.4 Å². The molecule has 0 unspecified atom stereocenters. The molecule has 0 bridgehead atoms. The van der Waals surface area contributed by atoms with Gasteiger partial charge in [0.05, 0.1) is 0 Å². The fourth-order valence-electron chi connectivity index (χ4n) is 3.72. The summed E-state index contributed by atoms with van der Waals surface area (Å²) in [7, 11) is 0. The second-order valence-corrected chi connectivity index (χ2v) is 6.13. The van der Waals surface area contributed by atoms with Gasteiger partial charge >= 0.3 is 0 Å². The van der Waals surface area contributed by atoms with Crippen molar-refractivity contribution in [2.45, 2.75) is 31.7 Å². The molecule has 1 fully saturated rings. The van der Waals surface area contributed by atoms with Crippen molar-refractivity contribution in [2.24, 2.45) is 5.73 Å². The predicted octanol–water partition coefficient (Wildman–Crippen LogP) is 2.03. The van der Waals surface area contributed by atoms with E-state index >= 15 is 0 Å². The van der Waals surface area contributed by atoms with Crippen LogP contribution in [0.2, 0.25) is 0 Å². The quantitative estimate of drug-likeness (QED) is 0.911. The van der Waals surface area contributed by atoms with E-state index in [-0.39, 0.29) is 0 Å². The van der Waals surface area contributed by atoms with Gasteiger partial charge in [0.1, 0.15) is 0 Å². The molecule has 1 heterocycles. The number of nitrogens with zero attached hydrogens (tertiary/aromatic N) is 2. The Hall–Kier alpha value is -0.900. The Bertz CT molecular complexity index is 424. The second-order valence-electron chi connectivity index (χ2n) is 6.13. The molecular formula is C17H27N3. The van der Waals surface area contributed by atoms with Gasteiger partial charge in [-0.25, -0.2) is 0 Å². The van der Waals surface area contributed by atoms with Crippen LogP contribution in [0.5, 0.6) is 0 Å². The Labute approximate surface area is 122 Å². The van der Waals surface area contributed by atoms with E-state index < -0.39 is 0 Å². The van der Waals surface area contributed by atoms with Crippen molar-refractivity contribution in [1.82, 2.24) is 9.80 Å². The molecular weight excluding hydrogens is 246 g/mol. The second kappa shape index (κ2) is 6.70. The normalized spacial score (nSPS) is 24.6. The SMILES string of the molecule is NCCCN1CCN([C@@H]2CCCc3ccccc32)CC1. The first-order valence-corrected chi connectivity index (χ1v) is 8.13. The molecule has 0 amide bonds. The zero-order valence-electron chi connectivity index (χ0n) is 12.4. The molecule has 3 heteroatoms. The number of rotatable bonds is 4. The minimum atomic E-state index is 0.664. The number of benzene rings is 1. The molecule has 1 saturated heterocycles. The molecule has 1 aromatic carbocycles. The molecule has 110 valence electrons. The molecule has 3 rings (SSSR count). The van der Waals surface area contributed by atoms with Gasteiger partial charge in [-0.2, -0.15) is 0 Å². The zero-order chi connectivity index (χ0) is 13.8. The lowest BCUT2D eigenvalue weighted by molar-refractivity contribution is 0.0878. The van der Waals surface area contributed by atoms with Crippen LogP contribution < -0.4 is 5.73 Å². The Morgan fingerprint density at radius 1 is 1.10 bits per heavy atom. The van der Waals surface area contributed by atoms with Crippen molar-refractivity contribution in [3.8, 4) is 0 Å². The molecule has 2 N–H and O–H groups in total. The Morgan fingerprint density at radius 2 is 1.90 bits per heavy atom. The Morgan fingerprint density at radius 3 is 2.70 bits per heavy atom. The third-order valence-corrected chi connectivity index (χ3v) is 4.86. The summed E-state index contributed by atoms with van der Waals surface area (Å²) in [4.78, 5) is 5.27. The first-order valence-electron chi connectivity index (χ1n) is 8.13. The standard InChI is InChI=1S/C17H27N3/c18-9-4-10-19-11-13-20(14-12-19)17-8-3-6-15-5-1-2-7-16(15)17/h1-2,5,7,17H,3-4,6,8-14,18H2/t17-/m1/s1. The van der Waals surface area contributed by atoms with Gasteiger partial charge in [-0.15, -0.1) is 0 Å². The largest absolute Gasteiger partial charge is 0.330 e.